The molecule has 2 rings (SSSR count). The lowest BCUT2D eigenvalue weighted by Crippen LogP contribution is -2.38. The number of benzene rings is 1. The van der Waals surface area contributed by atoms with E-state index in [0.29, 0.717) is 0 Å². The smallest absolute Gasteiger partial charge is 0.125 e. The van der Waals surface area contributed by atoms with E-state index in [1.807, 2.05) is 6.07 Å². The summed E-state index contributed by atoms with van der Waals surface area (Å²) in [6, 6.07) is 6.75. The van der Waals surface area contributed by atoms with E-state index in [-0.39, 0.29) is 23.1 Å². The highest BCUT2D eigenvalue weighted by Crippen LogP contribution is 2.38. The molecule has 0 radical (unpaired) electrons. The van der Waals surface area contributed by atoms with Crippen molar-refractivity contribution in [3.8, 4) is 0 Å². The number of hydrogen-bond acceptors (Lipinski definition) is 2. The van der Waals surface area contributed by atoms with Crippen LogP contribution >= 0.6 is 0 Å². The Morgan fingerprint density at radius 3 is 2.53 bits per heavy atom. The molecule has 0 aromatic heterocycles. The van der Waals surface area contributed by atoms with Gasteiger partial charge in [0.2, 0.25) is 0 Å². The van der Waals surface area contributed by atoms with E-state index in [1.54, 1.807) is 6.07 Å². The van der Waals surface area contributed by atoms with Gasteiger partial charge in [-0.2, -0.15) is 0 Å². The molecule has 1 aliphatic rings. The minimum absolute atomic E-state index is 0.130. The van der Waals surface area contributed by atoms with Gasteiger partial charge < -0.3 is 10.1 Å². The zero-order valence-corrected chi connectivity index (χ0v) is 10.9. The Morgan fingerprint density at radius 2 is 2.00 bits per heavy atom. The van der Waals surface area contributed by atoms with Crippen molar-refractivity contribution in [3.63, 3.8) is 0 Å². The highest BCUT2D eigenvalue weighted by atomic mass is 19.1. The van der Waals surface area contributed by atoms with Crippen LogP contribution in [0.1, 0.15) is 34.1 Å². The first-order valence-corrected chi connectivity index (χ1v) is 6.01. The van der Waals surface area contributed by atoms with Gasteiger partial charge in [-0.3, -0.25) is 0 Å². The predicted molar refractivity (Wildman–Crippen MR) is 67.7 cm³/mol. The monoisotopic (exact) mass is 237 g/mol. The molecule has 0 aliphatic carbocycles. The largest absolute Gasteiger partial charge is 0.379 e. The van der Waals surface area contributed by atoms with Gasteiger partial charge in [0.05, 0.1) is 17.2 Å². The van der Waals surface area contributed by atoms with Gasteiger partial charge >= 0.3 is 0 Å². The molecule has 1 N–H and O–H groups in total. The minimum Gasteiger partial charge on any atom is -0.379 e. The van der Waals surface area contributed by atoms with Crippen molar-refractivity contribution < 1.29 is 9.13 Å². The number of nitrogens with one attached hydrogen (secondary N) is 1. The van der Waals surface area contributed by atoms with Crippen molar-refractivity contribution in [3.05, 3.63) is 30.1 Å². The Kier molecular flexibility index (Phi) is 2.90. The van der Waals surface area contributed by atoms with E-state index in [1.165, 1.54) is 12.1 Å². The molecule has 1 aliphatic heterocycles. The average Bonchev–Trinajstić information content (AvgIpc) is 2.34. The van der Waals surface area contributed by atoms with Crippen LogP contribution in [-0.2, 0) is 4.74 Å². The molecule has 0 amide bonds. The number of hydrogen-bond donors (Lipinski definition) is 1. The van der Waals surface area contributed by atoms with Gasteiger partial charge in [0.1, 0.15) is 5.82 Å². The van der Waals surface area contributed by atoms with Crippen LogP contribution in [0.25, 0.3) is 0 Å². The highest BCUT2D eigenvalue weighted by molar-refractivity contribution is 5.45. The van der Waals surface area contributed by atoms with Crippen molar-refractivity contribution in [1.29, 1.82) is 0 Å². The van der Waals surface area contributed by atoms with Gasteiger partial charge in [-0.05, 0) is 52.3 Å². The summed E-state index contributed by atoms with van der Waals surface area (Å²) in [5, 5.41) is 3.36. The topological polar surface area (TPSA) is 21.3 Å². The molecule has 1 aromatic rings. The third kappa shape index (κ3) is 2.78. The number of anilines is 1. The zero-order valence-electron chi connectivity index (χ0n) is 10.9. The summed E-state index contributed by atoms with van der Waals surface area (Å²) in [5.41, 5.74) is 0.439. The lowest BCUT2D eigenvalue weighted by molar-refractivity contribution is -0.0662. The van der Waals surface area contributed by atoms with Gasteiger partial charge in [-0.25, -0.2) is 4.39 Å². The Hall–Kier alpha value is -1.09. The lowest BCUT2D eigenvalue weighted by Gasteiger charge is -2.28. The maximum atomic E-state index is 13.1. The first-order chi connectivity index (χ1) is 7.78. The van der Waals surface area contributed by atoms with Crippen LogP contribution in [0.5, 0.6) is 0 Å². The molecule has 0 saturated carbocycles. The Morgan fingerprint density at radius 1 is 1.29 bits per heavy atom. The molecule has 0 spiro atoms. The Balaban J connectivity index is 2.14. The van der Waals surface area contributed by atoms with Crippen molar-refractivity contribution in [2.75, 3.05) is 5.32 Å². The predicted octanol–water partition coefficient (Wildman–Crippen LogP) is 3.58. The van der Waals surface area contributed by atoms with Crippen molar-refractivity contribution in [2.45, 2.75) is 51.4 Å². The van der Waals surface area contributed by atoms with E-state index in [4.69, 9.17) is 4.74 Å². The number of ether oxygens (including phenoxy) is 1. The second-order valence-corrected chi connectivity index (χ2v) is 5.88. The van der Waals surface area contributed by atoms with Crippen LogP contribution in [-0.4, -0.2) is 17.2 Å². The second kappa shape index (κ2) is 3.98. The van der Waals surface area contributed by atoms with Gasteiger partial charge in [-0.15, -0.1) is 0 Å². The molecule has 1 atom stereocenters. The molecule has 1 heterocycles. The van der Waals surface area contributed by atoms with E-state index >= 15 is 0 Å². The number of halogens is 1. The molecule has 1 aromatic carbocycles. The van der Waals surface area contributed by atoms with Crippen LogP contribution in [0.2, 0.25) is 0 Å². The Labute approximate surface area is 102 Å². The summed E-state index contributed by atoms with van der Waals surface area (Å²) in [7, 11) is 0. The highest BCUT2D eigenvalue weighted by Gasteiger charge is 2.45. The molecule has 94 valence electrons. The van der Waals surface area contributed by atoms with Crippen molar-refractivity contribution in [1.82, 2.24) is 0 Å². The molecule has 3 heteroatoms. The molecule has 17 heavy (non-hydrogen) atoms. The first-order valence-electron chi connectivity index (χ1n) is 6.01. The van der Waals surface area contributed by atoms with Gasteiger partial charge in [0.15, 0.2) is 0 Å². The normalized spacial score (nSPS) is 25.8. The van der Waals surface area contributed by atoms with E-state index in [2.05, 4.69) is 33.0 Å². The van der Waals surface area contributed by atoms with Gasteiger partial charge in [0.25, 0.3) is 0 Å². The van der Waals surface area contributed by atoms with Gasteiger partial charge in [0, 0.05) is 5.69 Å². The van der Waals surface area contributed by atoms with Crippen LogP contribution < -0.4 is 5.32 Å². The third-order valence-corrected chi connectivity index (χ3v) is 3.24. The standard InChI is InChI=1S/C14H20FNO/c1-13(2)9-12(14(3,4)17-13)16-11-7-5-6-10(15)8-11/h5-8,12,16H,9H2,1-4H3. The second-order valence-electron chi connectivity index (χ2n) is 5.88. The van der Waals surface area contributed by atoms with E-state index < -0.39 is 0 Å². The zero-order chi connectivity index (χ0) is 12.7. The van der Waals surface area contributed by atoms with Crippen LogP contribution in [0, 0.1) is 5.82 Å². The fourth-order valence-corrected chi connectivity index (χ4v) is 2.57. The van der Waals surface area contributed by atoms with Gasteiger partial charge in [-0.1, -0.05) is 6.07 Å². The minimum atomic E-state index is -0.240. The van der Waals surface area contributed by atoms with Crippen LogP contribution in [0.3, 0.4) is 0 Å². The quantitative estimate of drug-likeness (QED) is 0.848. The van der Waals surface area contributed by atoms with Crippen molar-refractivity contribution >= 4 is 5.69 Å². The summed E-state index contributed by atoms with van der Waals surface area (Å²) in [5.74, 6) is -0.217. The fraction of sp³-hybridized carbons (Fsp3) is 0.571. The molecule has 1 unspecified atom stereocenters. The molecule has 1 saturated heterocycles. The van der Waals surface area contributed by atoms with E-state index in [9.17, 15) is 4.39 Å². The fourth-order valence-electron chi connectivity index (χ4n) is 2.57. The first kappa shape index (κ1) is 12.4. The van der Waals surface area contributed by atoms with Crippen molar-refractivity contribution in [2.24, 2.45) is 0 Å². The molecular weight excluding hydrogens is 217 g/mol. The van der Waals surface area contributed by atoms with Crippen LogP contribution in [0.4, 0.5) is 10.1 Å². The maximum absolute atomic E-state index is 13.1. The maximum Gasteiger partial charge on any atom is 0.125 e. The summed E-state index contributed by atoms with van der Waals surface area (Å²) >= 11 is 0. The van der Waals surface area contributed by atoms with E-state index in [0.717, 1.165) is 12.1 Å². The summed E-state index contributed by atoms with van der Waals surface area (Å²) in [6.45, 7) is 8.31. The Bertz CT molecular complexity index is 414. The number of rotatable bonds is 2. The molecule has 0 bridgehead atoms. The lowest BCUT2D eigenvalue weighted by atomic mass is 9.94. The SMILES string of the molecule is CC1(C)CC(Nc2cccc(F)c2)C(C)(C)O1. The molecular formula is C14H20FNO. The molecule has 1 fully saturated rings. The summed E-state index contributed by atoms with van der Waals surface area (Å²) in [4.78, 5) is 0. The summed E-state index contributed by atoms with van der Waals surface area (Å²) in [6.07, 6.45) is 0.913. The summed E-state index contributed by atoms with van der Waals surface area (Å²) < 4.78 is 19.1. The average molecular weight is 237 g/mol. The third-order valence-electron chi connectivity index (χ3n) is 3.24. The van der Waals surface area contributed by atoms with Crippen LogP contribution in [0.15, 0.2) is 24.3 Å². The molecule has 2 nitrogen and oxygen atoms in total.